The highest BCUT2D eigenvalue weighted by Gasteiger charge is 2.16. The van der Waals surface area contributed by atoms with Crippen LogP contribution in [0.25, 0.3) is 0 Å². The summed E-state index contributed by atoms with van der Waals surface area (Å²) in [6.45, 7) is 0.0829. The van der Waals surface area contributed by atoms with E-state index in [-0.39, 0.29) is 18.1 Å². The van der Waals surface area contributed by atoms with Gasteiger partial charge in [-0.2, -0.15) is 0 Å². The van der Waals surface area contributed by atoms with Crippen LogP contribution in [0, 0.1) is 0 Å². The second kappa shape index (κ2) is 7.63. The highest BCUT2D eigenvalue weighted by molar-refractivity contribution is 7.16. The second-order valence-electron chi connectivity index (χ2n) is 4.51. The number of carbonyl (C=O) groups excluding carboxylic acids is 2. The minimum Gasteiger partial charge on any atom is -0.452 e. The van der Waals surface area contributed by atoms with E-state index >= 15 is 0 Å². The maximum atomic E-state index is 12.0. The van der Waals surface area contributed by atoms with E-state index in [1.807, 2.05) is 6.07 Å². The maximum absolute atomic E-state index is 12.0. The molecular formula is C15H13Cl2NO3S. The quantitative estimate of drug-likeness (QED) is 0.763. The van der Waals surface area contributed by atoms with E-state index in [4.69, 9.17) is 27.9 Å². The van der Waals surface area contributed by atoms with Crippen LogP contribution in [0.1, 0.15) is 15.2 Å². The second-order valence-corrected chi connectivity index (χ2v) is 6.72. The molecule has 1 aromatic carbocycles. The van der Waals surface area contributed by atoms with E-state index in [0.717, 1.165) is 4.88 Å². The van der Waals surface area contributed by atoms with Gasteiger partial charge < -0.3 is 9.64 Å². The van der Waals surface area contributed by atoms with Gasteiger partial charge in [0.05, 0.1) is 21.5 Å². The number of amides is 1. The summed E-state index contributed by atoms with van der Waals surface area (Å²) in [6.07, 6.45) is 0. The van der Waals surface area contributed by atoms with Crippen LogP contribution in [-0.2, 0) is 16.1 Å². The molecule has 1 amide bonds. The predicted molar refractivity (Wildman–Crippen MR) is 87.5 cm³/mol. The van der Waals surface area contributed by atoms with E-state index < -0.39 is 5.97 Å². The van der Waals surface area contributed by atoms with Crippen LogP contribution in [0.3, 0.4) is 0 Å². The molecule has 0 aliphatic rings. The average Bonchev–Trinajstić information content (AvgIpc) is 2.90. The van der Waals surface area contributed by atoms with Gasteiger partial charge in [-0.1, -0.05) is 35.3 Å². The molecule has 2 aromatic rings. The third kappa shape index (κ3) is 4.47. The van der Waals surface area contributed by atoms with Gasteiger partial charge in [-0.25, -0.2) is 4.79 Å². The van der Waals surface area contributed by atoms with Gasteiger partial charge in [-0.3, -0.25) is 4.79 Å². The number of hydrogen-bond acceptors (Lipinski definition) is 4. The first kappa shape index (κ1) is 16.8. The monoisotopic (exact) mass is 357 g/mol. The third-order valence-corrected chi connectivity index (χ3v) is 4.41. The Morgan fingerprint density at radius 2 is 1.91 bits per heavy atom. The molecule has 0 bridgehead atoms. The summed E-state index contributed by atoms with van der Waals surface area (Å²) in [7, 11) is 1.64. The van der Waals surface area contributed by atoms with Crippen molar-refractivity contribution in [3.63, 3.8) is 0 Å². The molecule has 0 aliphatic carbocycles. The fraction of sp³-hybridized carbons (Fsp3) is 0.200. The van der Waals surface area contributed by atoms with Gasteiger partial charge in [-0.15, -0.1) is 11.3 Å². The fourth-order valence-electron chi connectivity index (χ4n) is 1.70. The molecule has 0 unspecified atom stereocenters. The van der Waals surface area contributed by atoms with Crippen molar-refractivity contribution in [3.05, 3.63) is 56.2 Å². The first-order valence-corrected chi connectivity index (χ1v) is 7.94. The molecule has 7 heteroatoms. The highest BCUT2D eigenvalue weighted by atomic mass is 35.5. The zero-order valence-corrected chi connectivity index (χ0v) is 14.0. The first-order valence-electron chi connectivity index (χ1n) is 6.37. The summed E-state index contributed by atoms with van der Waals surface area (Å²) >= 11 is 13.1. The summed E-state index contributed by atoms with van der Waals surface area (Å²) in [5.74, 6) is -0.920. The van der Waals surface area contributed by atoms with E-state index in [1.54, 1.807) is 37.4 Å². The van der Waals surface area contributed by atoms with Crippen molar-refractivity contribution in [3.8, 4) is 0 Å². The Hall–Kier alpha value is -1.56. The number of ether oxygens (including phenoxy) is 1. The molecule has 0 aliphatic heterocycles. The zero-order valence-electron chi connectivity index (χ0n) is 11.7. The number of hydrogen-bond donors (Lipinski definition) is 0. The molecule has 0 saturated heterocycles. The first-order chi connectivity index (χ1) is 10.5. The molecule has 0 spiro atoms. The van der Waals surface area contributed by atoms with Gasteiger partial charge in [0, 0.05) is 11.9 Å². The lowest BCUT2D eigenvalue weighted by atomic mass is 10.2. The van der Waals surface area contributed by atoms with E-state index in [0.29, 0.717) is 15.9 Å². The number of likely N-dealkylation sites (N-methyl/N-ethyl adjacent to an activating group) is 1. The van der Waals surface area contributed by atoms with Crippen LogP contribution in [0.4, 0.5) is 0 Å². The van der Waals surface area contributed by atoms with Crippen molar-refractivity contribution < 1.29 is 14.3 Å². The lowest BCUT2D eigenvalue weighted by Crippen LogP contribution is -2.30. The van der Waals surface area contributed by atoms with Crippen LogP contribution in [0.2, 0.25) is 9.36 Å². The minimum atomic E-state index is -0.619. The average molecular weight is 358 g/mol. The Bertz CT molecular complexity index is 687. The van der Waals surface area contributed by atoms with Crippen molar-refractivity contribution >= 4 is 46.4 Å². The van der Waals surface area contributed by atoms with Crippen molar-refractivity contribution in [2.45, 2.75) is 6.54 Å². The number of halogens is 2. The third-order valence-electron chi connectivity index (χ3n) is 2.87. The van der Waals surface area contributed by atoms with Crippen LogP contribution in [0.15, 0.2) is 36.4 Å². The van der Waals surface area contributed by atoms with Crippen molar-refractivity contribution in [2.75, 3.05) is 13.7 Å². The van der Waals surface area contributed by atoms with Gasteiger partial charge in [0.1, 0.15) is 0 Å². The van der Waals surface area contributed by atoms with Gasteiger partial charge >= 0.3 is 5.97 Å². The Morgan fingerprint density at radius 3 is 2.55 bits per heavy atom. The molecule has 4 nitrogen and oxygen atoms in total. The van der Waals surface area contributed by atoms with Crippen LogP contribution in [-0.4, -0.2) is 30.4 Å². The Kier molecular flexibility index (Phi) is 5.83. The molecular weight excluding hydrogens is 345 g/mol. The molecule has 0 saturated carbocycles. The molecule has 0 fully saturated rings. The normalized spacial score (nSPS) is 10.3. The van der Waals surface area contributed by atoms with Gasteiger partial charge in [-0.05, 0) is 24.3 Å². The van der Waals surface area contributed by atoms with E-state index in [2.05, 4.69) is 0 Å². The summed E-state index contributed by atoms with van der Waals surface area (Å²) in [4.78, 5) is 26.3. The summed E-state index contributed by atoms with van der Waals surface area (Å²) in [6, 6.07) is 10.2. The smallest absolute Gasteiger partial charge is 0.340 e. The maximum Gasteiger partial charge on any atom is 0.340 e. The number of rotatable bonds is 5. The Labute approximate surface area is 142 Å². The minimum absolute atomic E-state index is 0.240. The topological polar surface area (TPSA) is 46.6 Å². The molecule has 0 radical (unpaired) electrons. The molecule has 116 valence electrons. The number of esters is 1. The van der Waals surface area contributed by atoms with E-state index in [9.17, 15) is 9.59 Å². The molecule has 2 rings (SSSR count). The molecule has 1 aromatic heterocycles. The van der Waals surface area contributed by atoms with Crippen LogP contribution in [0.5, 0.6) is 0 Å². The van der Waals surface area contributed by atoms with Crippen molar-refractivity contribution in [1.29, 1.82) is 0 Å². The standard InChI is InChI=1S/C15H13Cl2NO3S/c1-18(8-10-6-7-13(17)22-10)14(19)9-21-15(20)11-4-2-3-5-12(11)16/h2-7H,8-9H2,1H3. The number of nitrogens with zero attached hydrogens (tertiary/aromatic N) is 1. The Morgan fingerprint density at radius 1 is 1.18 bits per heavy atom. The summed E-state index contributed by atoms with van der Waals surface area (Å²) < 4.78 is 5.67. The van der Waals surface area contributed by atoms with Crippen LogP contribution < -0.4 is 0 Å². The fourth-order valence-corrected chi connectivity index (χ4v) is 3.05. The molecule has 1 heterocycles. The molecule has 0 atom stereocenters. The van der Waals surface area contributed by atoms with Gasteiger partial charge in [0.2, 0.25) is 0 Å². The molecule has 0 N–H and O–H groups in total. The number of thiophene rings is 1. The van der Waals surface area contributed by atoms with Gasteiger partial charge in [0.15, 0.2) is 6.61 Å². The summed E-state index contributed by atoms with van der Waals surface area (Å²) in [5.41, 5.74) is 0.240. The number of benzene rings is 1. The summed E-state index contributed by atoms with van der Waals surface area (Å²) in [5, 5.41) is 0.293. The predicted octanol–water partition coefficient (Wildman–Crippen LogP) is 3.87. The lowest BCUT2D eigenvalue weighted by Gasteiger charge is -2.16. The lowest BCUT2D eigenvalue weighted by molar-refractivity contribution is -0.133. The highest BCUT2D eigenvalue weighted by Crippen LogP contribution is 2.22. The van der Waals surface area contributed by atoms with Crippen molar-refractivity contribution in [1.82, 2.24) is 4.90 Å². The SMILES string of the molecule is CN(Cc1ccc(Cl)s1)C(=O)COC(=O)c1ccccc1Cl. The number of carbonyl (C=O) groups is 2. The van der Waals surface area contributed by atoms with Crippen LogP contribution >= 0.6 is 34.5 Å². The Balaban J connectivity index is 1.87. The van der Waals surface area contributed by atoms with E-state index in [1.165, 1.54) is 16.2 Å². The van der Waals surface area contributed by atoms with Gasteiger partial charge in [0.25, 0.3) is 5.91 Å². The zero-order chi connectivity index (χ0) is 16.1. The molecule has 22 heavy (non-hydrogen) atoms. The largest absolute Gasteiger partial charge is 0.452 e. The van der Waals surface area contributed by atoms with Crippen molar-refractivity contribution in [2.24, 2.45) is 0 Å².